The number of piperidine rings is 1. The molecular weight excluding hydrogens is 262 g/mol. The summed E-state index contributed by atoms with van der Waals surface area (Å²) < 4.78 is 0. The maximum absolute atomic E-state index is 6.04. The SMILES string of the molecule is NCC1(c2nc(-c3cccs3)cs2)CCNCC1. The molecular formula is C13H17N3S2. The highest BCUT2D eigenvalue weighted by Crippen LogP contribution is 2.37. The first-order chi connectivity index (χ1) is 8.84. The third-order valence-corrected chi connectivity index (χ3v) is 5.66. The average molecular weight is 279 g/mol. The van der Waals surface area contributed by atoms with Crippen LogP contribution < -0.4 is 11.1 Å². The predicted octanol–water partition coefficient (Wildman–Crippen LogP) is 2.45. The topological polar surface area (TPSA) is 50.9 Å². The molecule has 5 heteroatoms. The summed E-state index contributed by atoms with van der Waals surface area (Å²) in [6, 6.07) is 4.20. The highest BCUT2D eigenvalue weighted by Gasteiger charge is 2.35. The van der Waals surface area contributed by atoms with E-state index >= 15 is 0 Å². The van der Waals surface area contributed by atoms with Crippen LogP contribution in [-0.2, 0) is 5.41 Å². The predicted molar refractivity (Wildman–Crippen MR) is 78.3 cm³/mol. The number of nitrogens with two attached hydrogens (primary N) is 1. The van der Waals surface area contributed by atoms with Gasteiger partial charge in [-0.2, -0.15) is 0 Å². The van der Waals surface area contributed by atoms with Gasteiger partial charge in [0.05, 0.1) is 10.6 Å². The van der Waals surface area contributed by atoms with Crippen molar-refractivity contribution in [2.24, 2.45) is 5.73 Å². The third-order valence-electron chi connectivity index (χ3n) is 3.68. The largest absolute Gasteiger partial charge is 0.329 e. The summed E-state index contributed by atoms with van der Waals surface area (Å²) in [6.45, 7) is 2.79. The molecule has 0 aliphatic carbocycles. The Morgan fingerprint density at radius 1 is 1.33 bits per heavy atom. The zero-order chi connectivity index (χ0) is 12.4. The molecule has 18 heavy (non-hydrogen) atoms. The van der Waals surface area contributed by atoms with E-state index in [2.05, 4.69) is 28.2 Å². The minimum atomic E-state index is 0.103. The molecule has 1 saturated heterocycles. The van der Waals surface area contributed by atoms with Crippen LogP contribution in [-0.4, -0.2) is 24.6 Å². The van der Waals surface area contributed by atoms with Crippen molar-refractivity contribution in [2.75, 3.05) is 19.6 Å². The number of rotatable bonds is 3. The van der Waals surface area contributed by atoms with Crippen molar-refractivity contribution in [1.29, 1.82) is 0 Å². The van der Waals surface area contributed by atoms with Crippen molar-refractivity contribution in [2.45, 2.75) is 18.3 Å². The lowest BCUT2D eigenvalue weighted by atomic mass is 9.79. The maximum Gasteiger partial charge on any atom is 0.101 e. The second-order valence-electron chi connectivity index (χ2n) is 4.75. The van der Waals surface area contributed by atoms with E-state index in [1.165, 1.54) is 9.88 Å². The van der Waals surface area contributed by atoms with Crippen molar-refractivity contribution in [3.8, 4) is 10.6 Å². The summed E-state index contributed by atoms with van der Waals surface area (Å²) >= 11 is 3.51. The Bertz CT molecular complexity index is 498. The molecule has 1 aliphatic rings. The quantitative estimate of drug-likeness (QED) is 0.907. The average Bonchev–Trinajstić information content (AvgIpc) is 3.10. The van der Waals surface area contributed by atoms with Crippen LogP contribution in [0.2, 0.25) is 0 Å². The van der Waals surface area contributed by atoms with Crippen molar-refractivity contribution >= 4 is 22.7 Å². The standard InChI is InChI=1S/C13H17N3S2/c14-9-13(3-5-15-6-4-13)12-16-10(8-18-12)11-2-1-7-17-11/h1-2,7-8,15H,3-6,9,14H2. The van der Waals surface area contributed by atoms with Crippen molar-refractivity contribution in [1.82, 2.24) is 10.3 Å². The van der Waals surface area contributed by atoms with Gasteiger partial charge >= 0.3 is 0 Å². The number of aromatic nitrogens is 1. The molecule has 0 amide bonds. The van der Waals surface area contributed by atoms with E-state index in [9.17, 15) is 0 Å². The molecule has 0 bridgehead atoms. The molecule has 2 aromatic heterocycles. The van der Waals surface area contributed by atoms with Crippen LogP contribution in [0.4, 0.5) is 0 Å². The lowest BCUT2D eigenvalue weighted by Crippen LogP contribution is -2.44. The summed E-state index contributed by atoms with van der Waals surface area (Å²) in [7, 11) is 0. The summed E-state index contributed by atoms with van der Waals surface area (Å²) in [5, 5.41) is 8.88. The van der Waals surface area contributed by atoms with E-state index < -0.39 is 0 Å². The molecule has 0 radical (unpaired) electrons. The highest BCUT2D eigenvalue weighted by molar-refractivity contribution is 7.14. The van der Waals surface area contributed by atoms with Gasteiger partial charge < -0.3 is 11.1 Å². The Hall–Kier alpha value is -0.750. The molecule has 96 valence electrons. The van der Waals surface area contributed by atoms with Crippen LogP contribution in [0.15, 0.2) is 22.9 Å². The maximum atomic E-state index is 6.04. The Morgan fingerprint density at radius 2 is 2.17 bits per heavy atom. The highest BCUT2D eigenvalue weighted by atomic mass is 32.1. The van der Waals surface area contributed by atoms with Crippen molar-refractivity contribution in [3.63, 3.8) is 0 Å². The van der Waals surface area contributed by atoms with Gasteiger partial charge in [0.2, 0.25) is 0 Å². The molecule has 1 fully saturated rings. The van der Waals surface area contributed by atoms with Gasteiger partial charge in [-0.05, 0) is 37.4 Å². The van der Waals surface area contributed by atoms with Crippen LogP contribution in [0, 0.1) is 0 Å². The van der Waals surface area contributed by atoms with E-state index in [0.29, 0.717) is 6.54 Å². The van der Waals surface area contributed by atoms with Crippen LogP contribution in [0.1, 0.15) is 17.8 Å². The Kier molecular flexibility index (Phi) is 3.48. The Labute approximate surface area is 115 Å². The van der Waals surface area contributed by atoms with Gasteiger partial charge in [-0.1, -0.05) is 6.07 Å². The first-order valence-corrected chi connectivity index (χ1v) is 8.01. The molecule has 0 unspecified atom stereocenters. The normalized spacial score (nSPS) is 18.9. The molecule has 3 N–H and O–H groups in total. The number of nitrogens with zero attached hydrogens (tertiary/aromatic N) is 1. The van der Waals surface area contributed by atoms with E-state index in [1.807, 2.05) is 0 Å². The second-order valence-corrected chi connectivity index (χ2v) is 6.56. The van der Waals surface area contributed by atoms with Gasteiger partial charge in [-0.25, -0.2) is 4.98 Å². The van der Waals surface area contributed by atoms with E-state index in [-0.39, 0.29) is 5.41 Å². The summed E-state index contributed by atoms with van der Waals surface area (Å²) in [6.07, 6.45) is 2.20. The van der Waals surface area contributed by atoms with E-state index in [0.717, 1.165) is 31.6 Å². The van der Waals surface area contributed by atoms with E-state index in [4.69, 9.17) is 10.7 Å². The third kappa shape index (κ3) is 2.12. The van der Waals surface area contributed by atoms with Crippen molar-refractivity contribution < 1.29 is 0 Å². The fourth-order valence-electron chi connectivity index (χ4n) is 2.47. The molecule has 1 aliphatic heterocycles. The van der Waals surface area contributed by atoms with Crippen LogP contribution in [0.25, 0.3) is 10.6 Å². The summed E-state index contributed by atoms with van der Waals surface area (Å²) in [5.41, 5.74) is 7.25. The molecule has 0 spiro atoms. The smallest absolute Gasteiger partial charge is 0.101 e. The number of hydrogen-bond donors (Lipinski definition) is 2. The molecule has 2 aromatic rings. The Morgan fingerprint density at radius 3 is 2.83 bits per heavy atom. The van der Waals surface area contributed by atoms with Gasteiger partial charge in [0.1, 0.15) is 5.01 Å². The minimum Gasteiger partial charge on any atom is -0.329 e. The van der Waals surface area contributed by atoms with Crippen LogP contribution in [0.3, 0.4) is 0 Å². The molecule has 3 rings (SSSR count). The fourth-order valence-corrected chi connectivity index (χ4v) is 4.32. The van der Waals surface area contributed by atoms with Gasteiger partial charge in [0.15, 0.2) is 0 Å². The van der Waals surface area contributed by atoms with Crippen LogP contribution >= 0.6 is 22.7 Å². The summed E-state index contributed by atoms with van der Waals surface area (Å²) in [5.74, 6) is 0. The number of nitrogens with one attached hydrogen (secondary N) is 1. The number of thiazole rings is 1. The molecule has 3 nitrogen and oxygen atoms in total. The van der Waals surface area contributed by atoms with Gasteiger partial charge in [-0.3, -0.25) is 0 Å². The minimum absolute atomic E-state index is 0.103. The molecule has 3 heterocycles. The fraction of sp³-hybridized carbons (Fsp3) is 0.462. The van der Waals surface area contributed by atoms with Gasteiger partial charge in [0.25, 0.3) is 0 Å². The molecule has 0 saturated carbocycles. The number of thiophene rings is 1. The second kappa shape index (κ2) is 5.09. The van der Waals surface area contributed by atoms with E-state index in [1.54, 1.807) is 22.7 Å². The van der Waals surface area contributed by atoms with Gasteiger partial charge in [0, 0.05) is 17.3 Å². The molecule has 0 atom stereocenters. The van der Waals surface area contributed by atoms with Gasteiger partial charge in [-0.15, -0.1) is 22.7 Å². The molecule has 0 aromatic carbocycles. The number of hydrogen-bond acceptors (Lipinski definition) is 5. The summed E-state index contributed by atoms with van der Waals surface area (Å²) in [4.78, 5) is 6.09. The zero-order valence-corrected chi connectivity index (χ0v) is 11.8. The first kappa shape index (κ1) is 12.3. The lowest BCUT2D eigenvalue weighted by Gasteiger charge is -2.34. The van der Waals surface area contributed by atoms with Crippen molar-refractivity contribution in [3.05, 3.63) is 27.9 Å². The lowest BCUT2D eigenvalue weighted by molar-refractivity contribution is 0.315. The first-order valence-electron chi connectivity index (χ1n) is 6.25. The monoisotopic (exact) mass is 279 g/mol. The zero-order valence-electron chi connectivity index (χ0n) is 10.2. The Balaban J connectivity index is 1.92. The van der Waals surface area contributed by atoms with Crippen LogP contribution in [0.5, 0.6) is 0 Å².